The zero-order valence-electron chi connectivity index (χ0n) is 14.4. The average Bonchev–Trinajstić information content (AvgIpc) is 3.13. The summed E-state index contributed by atoms with van der Waals surface area (Å²) in [6, 6.07) is 8.67. The second-order valence-electron chi connectivity index (χ2n) is 5.98. The molecule has 0 atom stereocenters. The fraction of sp³-hybridized carbons (Fsp3) is 0.0526. The highest BCUT2D eigenvalue weighted by atomic mass is 79.9. The highest BCUT2D eigenvalue weighted by Crippen LogP contribution is 2.34. The average molecular weight is 487 g/mol. The summed E-state index contributed by atoms with van der Waals surface area (Å²) in [6.45, 7) is 0. The second kappa shape index (κ2) is 7.92. The van der Waals surface area contributed by atoms with E-state index in [4.69, 9.17) is 17.3 Å². The van der Waals surface area contributed by atoms with E-state index in [9.17, 15) is 22.8 Å². The van der Waals surface area contributed by atoms with Gasteiger partial charge in [0.1, 0.15) is 5.69 Å². The number of carbonyl (C=O) groups excluding carboxylic acids is 2. The number of ketones is 1. The standard InChI is InChI=1S/C19H12BrClF3N3O2/c20-10-6-13(21)16(14(25)7-10)27-18(29)15-5-9(8-26-15)17(28)11-3-1-2-4-12(11)19(22,23)24/h1-8,26H,25H2,(H,27,29). The number of aromatic amines is 1. The number of nitrogen functional groups attached to an aromatic ring is 1. The maximum absolute atomic E-state index is 13.2. The number of anilines is 2. The van der Waals surface area contributed by atoms with Crippen LogP contribution >= 0.6 is 27.5 Å². The molecule has 0 aliphatic carbocycles. The molecule has 0 saturated heterocycles. The van der Waals surface area contributed by atoms with E-state index in [1.54, 1.807) is 6.07 Å². The van der Waals surface area contributed by atoms with E-state index >= 15 is 0 Å². The number of alkyl halides is 3. The second-order valence-corrected chi connectivity index (χ2v) is 7.30. The lowest BCUT2D eigenvalue weighted by Crippen LogP contribution is -2.14. The Balaban J connectivity index is 1.87. The van der Waals surface area contributed by atoms with Gasteiger partial charge in [0, 0.05) is 21.8 Å². The molecule has 2 aromatic carbocycles. The third-order valence-corrected chi connectivity index (χ3v) is 4.75. The molecule has 150 valence electrons. The largest absolute Gasteiger partial charge is 0.417 e. The topological polar surface area (TPSA) is 88.0 Å². The molecule has 29 heavy (non-hydrogen) atoms. The number of rotatable bonds is 4. The summed E-state index contributed by atoms with van der Waals surface area (Å²) in [4.78, 5) is 27.6. The summed E-state index contributed by atoms with van der Waals surface area (Å²) < 4.78 is 40.1. The fourth-order valence-electron chi connectivity index (χ4n) is 2.65. The van der Waals surface area contributed by atoms with Crippen molar-refractivity contribution in [2.45, 2.75) is 6.18 Å². The van der Waals surface area contributed by atoms with Gasteiger partial charge in [-0.25, -0.2) is 0 Å². The van der Waals surface area contributed by atoms with Gasteiger partial charge in [0.15, 0.2) is 5.78 Å². The first-order valence-corrected chi connectivity index (χ1v) is 9.20. The first-order chi connectivity index (χ1) is 13.6. The van der Waals surface area contributed by atoms with Crippen molar-refractivity contribution in [3.63, 3.8) is 0 Å². The van der Waals surface area contributed by atoms with E-state index in [-0.39, 0.29) is 27.7 Å². The third-order valence-electron chi connectivity index (χ3n) is 3.99. The quantitative estimate of drug-likeness (QED) is 0.335. The molecule has 0 bridgehead atoms. The molecule has 3 aromatic rings. The summed E-state index contributed by atoms with van der Waals surface area (Å²) in [6.07, 6.45) is -3.52. The summed E-state index contributed by atoms with van der Waals surface area (Å²) in [5.74, 6) is -1.53. The Bertz CT molecular complexity index is 1090. The van der Waals surface area contributed by atoms with Crippen LogP contribution in [0.2, 0.25) is 5.02 Å². The molecule has 0 aliphatic heterocycles. The highest BCUT2D eigenvalue weighted by molar-refractivity contribution is 9.10. The molecular formula is C19H12BrClF3N3O2. The Morgan fingerprint density at radius 3 is 2.48 bits per heavy atom. The van der Waals surface area contributed by atoms with Gasteiger partial charge in [-0.05, 0) is 24.3 Å². The molecule has 0 spiro atoms. The van der Waals surface area contributed by atoms with Crippen LogP contribution in [0.25, 0.3) is 0 Å². The minimum Gasteiger partial charge on any atom is -0.397 e. The number of benzene rings is 2. The fourth-order valence-corrected chi connectivity index (χ4v) is 3.53. The maximum atomic E-state index is 13.2. The molecule has 5 nitrogen and oxygen atoms in total. The molecule has 0 fully saturated rings. The monoisotopic (exact) mass is 485 g/mol. The van der Waals surface area contributed by atoms with Crippen LogP contribution in [0.15, 0.2) is 53.1 Å². The van der Waals surface area contributed by atoms with Crippen molar-refractivity contribution >= 4 is 50.6 Å². The van der Waals surface area contributed by atoms with Gasteiger partial charge in [-0.3, -0.25) is 9.59 Å². The SMILES string of the molecule is Nc1cc(Br)cc(Cl)c1NC(=O)c1cc(C(=O)c2ccccc2C(F)(F)F)c[nH]1. The van der Waals surface area contributed by atoms with Crippen LogP contribution in [0.4, 0.5) is 24.5 Å². The lowest BCUT2D eigenvalue weighted by molar-refractivity contribution is -0.137. The smallest absolute Gasteiger partial charge is 0.397 e. The number of carbonyl (C=O) groups is 2. The maximum Gasteiger partial charge on any atom is 0.417 e. The normalized spacial score (nSPS) is 11.3. The van der Waals surface area contributed by atoms with Crippen LogP contribution in [0.5, 0.6) is 0 Å². The number of aromatic nitrogens is 1. The van der Waals surface area contributed by atoms with Gasteiger partial charge >= 0.3 is 6.18 Å². The Hall–Kier alpha value is -2.78. The Morgan fingerprint density at radius 2 is 1.83 bits per heavy atom. The van der Waals surface area contributed by atoms with Crippen molar-refractivity contribution in [1.82, 2.24) is 4.98 Å². The number of H-pyrrole nitrogens is 1. The predicted molar refractivity (Wildman–Crippen MR) is 107 cm³/mol. The zero-order valence-corrected chi connectivity index (χ0v) is 16.7. The number of nitrogens with one attached hydrogen (secondary N) is 2. The van der Waals surface area contributed by atoms with Gasteiger partial charge in [-0.15, -0.1) is 0 Å². The minimum atomic E-state index is -4.68. The molecular weight excluding hydrogens is 475 g/mol. The van der Waals surface area contributed by atoms with E-state index in [1.165, 1.54) is 18.2 Å². The Kier molecular flexibility index (Phi) is 5.72. The molecule has 1 amide bonds. The lowest BCUT2D eigenvalue weighted by Gasteiger charge is -2.11. The lowest BCUT2D eigenvalue weighted by atomic mass is 9.99. The number of hydrogen-bond donors (Lipinski definition) is 3. The van der Waals surface area contributed by atoms with Gasteiger partial charge < -0.3 is 16.0 Å². The number of hydrogen-bond acceptors (Lipinski definition) is 3. The van der Waals surface area contributed by atoms with E-state index in [0.29, 0.717) is 4.47 Å². The van der Waals surface area contributed by atoms with Crippen molar-refractivity contribution in [2.24, 2.45) is 0 Å². The number of nitrogens with two attached hydrogens (primary N) is 1. The zero-order chi connectivity index (χ0) is 21.3. The number of halogens is 5. The molecule has 0 saturated carbocycles. The summed E-state index contributed by atoms with van der Waals surface area (Å²) in [5.41, 5.74) is 4.52. The predicted octanol–water partition coefficient (Wildman–Crippen LogP) is 5.51. The van der Waals surface area contributed by atoms with Crippen LogP contribution in [-0.4, -0.2) is 16.7 Å². The Labute approximate surface area is 176 Å². The Morgan fingerprint density at radius 1 is 1.14 bits per heavy atom. The van der Waals surface area contributed by atoms with Crippen LogP contribution in [0.1, 0.15) is 32.0 Å². The van der Waals surface area contributed by atoms with E-state index in [2.05, 4.69) is 26.2 Å². The van der Waals surface area contributed by atoms with Crippen molar-refractivity contribution in [1.29, 1.82) is 0 Å². The van der Waals surface area contributed by atoms with E-state index < -0.39 is 29.0 Å². The van der Waals surface area contributed by atoms with Crippen LogP contribution < -0.4 is 11.1 Å². The third kappa shape index (κ3) is 4.46. The van der Waals surface area contributed by atoms with Crippen molar-refractivity contribution in [2.75, 3.05) is 11.1 Å². The molecule has 0 radical (unpaired) electrons. The molecule has 1 heterocycles. The number of amides is 1. The van der Waals surface area contributed by atoms with Crippen molar-refractivity contribution < 1.29 is 22.8 Å². The van der Waals surface area contributed by atoms with Gasteiger partial charge in [-0.2, -0.15) is 13.2 Å². The molecule has 3 rings (SSSR count). The molecule has 0 unspecified atom stereocenters. The molecule has 1 aromatic heterocycles. The first kappa shape index (κ1) is 20.9. The van der Waals surface area contributed by atoms with E-state index in [1.807, 2.05) is 0 Å². The van der Waals surface area contributed by atoms with Crippen LogP contribution in [0, 0.1) is 0 Å². The highest BCUT2D eigenvalue weighted by Gasteiger charge is 2.35. The van der Waals surface area contributed by atoms with E-state index in [0.717, 1.165) is 24.4 Å². The van der Waals surface area contributed by atoms with Crippen molar-refractivity contribution in [3.8, 4) is 0 Å². The van der Waals surface area contributed by atoms with Gasteiger partial charge in [0.05, 0.1) is 22.0 Å². The van der Waals surface area contributed by atoms with Crippen LogP contribution in [0.3, 0.4) is 0 Å². The summed E-state index contributed by atoms with van der Waals surface area (Å²) >= 11 is 9.29. The summed E-state index contributed by atoms with van der Waals surface area (Å²) in [5, 5.41) is 2.70. The minimum absolute atomic E-state index is 0.0452. The first-order valence-electron chi connectivity index (χ1n) is 8.03. The molecule has 4 N–H and O–H groups in total. The van der Waals surface area contributed by atoms with Crippen molar-refractivity contribution in [3.05, 3.63) is 80.5 Å². The van der Waals surface area contributed by atoms with Crippen LogP contribution in [-0.2, 0) is 6.18 Å². The molecule has 0 aliphatic rings. The summed E-state index contributed by atoms with van der Waals surface area (Å²) in [7, 11) is 0. The molecule has 10 heteroatoms. The van der Waals surface area contributed by atoms with Gasteiger partial charge in [-0.1, -0.05) is 45.7 Å². The van der Waals surface area contributed by atoms with Gasteiger partial charge in [0.25, 0.3) is 5.91 Å². The van der Waals surface area contributed by atoms with Gasteiger partial charge in [0.2, 0.25) is 0 Å².